The number of non-ortho nitro benzene ring substituents is 1. The summed E-state index contributed by atoms with van der Waals surface area (Å²) in [4.78, 5) is 9.01. The van der Waals surface area contributed by atoms with E-state index in [2.05, 4.69) is 4.72 Å². The summed E-state index contributed by atoms with van der Waals surface area (Å²) in [6, 6.07) is 1.39. The average Bonchev–Trinajstić information content (AvgIpc) is 2.32. The molecule has 1 aromatic carbocycles. The van der Waals surface area contributed by atoms with E-state index in [1.807, 2.05) is 6.92 Å². The van der Waals surface area contributed by atoms with Crippen molar-refractivity contribution in [1.82, 2.24) is 4.72 Å². The van der Waals surface area contributed by atoms with Gasteiger partial charge >= 0.3 is 0 Å². The topological polar surface area (TPSA) is 115 Å². The van der Waals surface area contributed by atoms with Crippen molar-refractivity contribution in [1.29, 1.82) is 0 Å². The van der Waals surface area contributed by atoms with Crippen LogP contribution in [0.5, 0.6) is 0 Å². The van der Waals surface area contributed by atoms with E-state index in [0.29, 0.717) is 6.07 Å². The minimum absolute atomic E-state index is 0.126. The van der Waals surface area contributed by atoms with Gasteiger partial charge < -0.3 is 5.73 Å². The predicted octanol–water partition coefficient (Wildman–Crippen LogP) is 1.78. The second-order valence-electron chi connectivity index (χ2n) is 5.59. The minimum Gasteiger partial charge on any atom is -0.397 e. The van der Waals surface area contributed by atoms with Crippen LogP contribution in [0.15, 0.2) is 17.0 Å². The molecular formula is C12H16FN3O4S. The summed E-state index contributed by atoms with van der Waals surface area (Å²) >= 11 is 0. The van der Waals surface area contributed by atoms with Crippen molar-refractivity contribution < 1.29 is 17.7 Å². The Bertz CT molecular complexity index is 663. The highest BCUT2D eigenvalue weighted by Gasteiger charge is 2.34. The molecule has 1 aromatic rings. The van der Waals surface area contributed by atoms with Crippen molar-refractivity contribution in [3.8, 4) is 0 Å². The molecule has 1 aliphatic rings. The SMILES string of the molecule is CC1(CNS(=O)(=O)c2c(N)cc([N+](=O)[O-])cc2F)CCC1. The molecule has 9 heteroatoms. The van der Waals surface area contributed by atoms with E-state index in [1.165, 1.54) is 0 Å². The summed E-state index contributed by atoms with van der Waals surface area (Å²) < 4.78 is 40.5. The number of nitrogens with one attached hydrogen (secondary N) is 1. The first-order valence-corrected chi connectivity index (χ1v) is 7.86. The molecule has 7 nitrogen and oxygen atoms in total. The zero-order chi connectivity index (χ0) is 15.8. The first-order chi connectivity index (χ1) is 9.65. The number of sulfonamides is 1. The Hall–Kier alpha value is -1.74. The largest absolute Gasteiger partial charge is 0.397 e. The molecule has 0 atom stereocenters. The van der Waals surface area contributed by atoms with Crippen LogP contribution < -0.4 is 10.5 Å². The number of hydrogen-bond acceptors (Lipinski definition) is 5. The normalized spacial score (nSPS) is 17.2. The maximum Gasteiger partial charge on any atom is 0.274 e. The van der Waals surface area contributed by atoms with Crippen LogP contribution >= 0.6 is 0 Å². The van der Waals surface area contributed by atoms with E-state index in [-0.39, 0.29) is 12.0 Å². The number of nitro benzene ring substituents is 1. The lowest BCUT2D eigenvalue weighted by Gasteiger charge is -2.38. The lowest BCUT2D eigenvalue weighted by atomic mass is 9.71. The number of nitrogens with zero attached hydrogens (tertiary/aromatic N) is 1. The molecule has 1 fully saturated rings. The third kappa shape index (κ3) is 3.13. The zero-order valence-electron chi connectivity index (χ0n) is 11.4. The Morgan fingerprint density at radius 3 is 2.52 bits per heavy atom. The summed E-state index contributed by atoms with van der Waals surface area (Å²) in [5.41, 5.74) is 4.28. The molecular weight excluding hydrogens is 301 g/mol. The molecule has 0 amide bonds. The van der Waals surface area contributed by atoms with Gasteiger partial charge in [0, 0.05) is 12.6 Å². The molecule has 21 heavy (non-hydrogen) atoms. The van der Waals surface area contributed by atoms with Crippen molar-refractivity contribution in [3.63, 3.8) is 0 Å². The van der Waals surface area contributed by atoms with Crippen LogP contribution in [0.2, 0.25) is 0 Å². The maximum atomic E-state index is 13.9. The van der Waals surface area contributed by atoms with Crippen molar-refractivity contribution in [2.75, 3.05) is 12.3 Å². The fourth-order valence-corrected chi connectivity index (χ4v) is 3.65. The van der Waals surface area contributed by atoms with Crippen molar-refractivity contribution in [2.45, 2.75) is 31.1 Å². The monoisotopic (exact) mass is 317 g/mol. The maximum absolute atomic E-state index is 13.9. The molecule has 0 aromatic heterocycles. The fraction of sp³-hybridized carbons (Fsp3) is 0.500. The van der Waals surface area contributed by atoms with Gasteiger partial charge in [0.25, 0.3) is 5.69 Å². The molecule has 116 valence electrons. The number of nitrogens with two attached hydrogens (primary N) is 1. The molecule has 0 radical (unpaired) electrons. The van der Waals surface area contributed by atoms with Crippen LogP contribution in [0.4, 0.5) is 15.8 Å². The van der Waals surface area contributed by atoms with E-state index >= 15 is 0 Å². The average molecular weight is 317 g/mol. The van der Waals surface area contributed by atoms with Crippen LogP contribution in [0.3, 0.4) is 0 Å². The van der Waals surface area contributed by atoms with Gasteiger partial charge in [0.1, 0.15) is 4.90 Å². The molecule has 2 rings (SSSR count). The lowest BCUT2D eigenvalue weighted by Crippen LogP contribution is -2.40. The van der Waals surface area contributed by atoms with Gasteiger partial charge in [-0.25, -0.2) is 17.5 Å². The standard InChI is InChI=1S/C12H16FN3O4S/c1-12(3-2-4-12)7-15-21(19,20)11-9(13)5-8(16(17)18)6-10(11)14/h5-6,15H,2-4,7,14H2,1H3. The molecule has 1 aliphatic carbocycles. The molecule has 0 saturated heterocycles. The number of anilines is 1. The number of hydrogen-bond donors (Lipinski definition) is 2. The Balaban J connectivity index is 2.29. The van der Waals surface area contributed by atoms with E-state index in [1.54, 1.807) is 0 Å². The Morgan fingerprint density at radius 2 is 2.10 bits per heavy atom. The number of rotatable bonds is 5. The van der Waals surface area contributed by atoms with Crippen LogP contribution in [0.25, 0.3) is 0 Å². The lowest BCUT2D eigenvalue weighted by molar-refractivity contribution is -0.385. The molecule has 0 heterocycles. The zero-order valence-corrected chi connectivity index (χ0v) is 12.2. The fourth-order valence-electron chi connectivity index (χ4n) is 2.29. The van der Waals surface area contributed by atoms with E-state index in [4.69, 9.17) is 5.73 Å². The molecule has 0 unspecified atom stereocenters. The Morgan fingerprint density at radius 1 is 1.48 bits per heavy atom. The number of nitro groups is 1. The Kier molecular flexibility index (Phi) is 3.89. The summed E-state index contributed by atoms with van der Waals surface area (Å²) in [5, 5.41) is 10.6. The van der Waals surface area contributed by atoms with Crippen LogP contribution in [0.1, 0.15) is 26.2 Å². The predicted molar refractivity (Wildman–Crippen MR) is 74.6 cm³/mol. The van der Waals surface area contributed by atoms with Gasteiger partial charge in [-0.3, -0.25) is 10.1 Å². The van der Waals surface area contributed by atoms with Gasteiger partial charge in [-0.2, -0.15) is 0 Å². The summed E-state index contributed by atoms with van der Waals surface area (Å²) in [6.45, 7) is 2.12. The van der Waals surface area contributed by atoms with Gasteiger partial charge in [-0.05, 0) is 18.3 Å². The molecule has 0 spiro atoms. The van der Waals surface area contributed by atoms with E-state index in [0.717, 1.165) is 25.3 Å². The molecule has 3 N–H and O–H groups in total. The van der Waals surface area contributed by atoms with E-state index in [9.17, 15) is 22.9 Å². The number of halogens is 1. The van der Waals surface area contributed by atoms with Gasteiger partial charge in [0.2, 0.25) is 10.0 Å². The smallest absolute Gasteiger partial charge is 0.274 e. The molecule has 1 saturated carbocycles. The number of benzene rings is 1. The number of nitrogen functional groups attached to an aromatic ring is 1. The molecule has 0 bridgehead atoms. The van der Waals surface area contributed by atoms with Crippen molar-refractivity contribution in [2.24, 2.45) is 5.41 Å². The van der Waals surface area contributed by atoms with Gasteiger partial charge in [0.05, 0.1) is 16.7 Å². The first-order valence-electron chi connectivity index (χ1n) is 6.38. The highest BCUT2D eigenvalue weighted by molar-refractivity contribution is 7.89. The second kappa shape index (κ2) is 5.23. The second-order valence-corrected chi connectivity index (χ2v) is 7.30. The summed E-state index contributed by atoms with van der Waals surface area (Å²) in [7, 11) is -4.15. The molecule has 0 aliphatic heterocycles. The van der Waals surface area contributed by atoms with Crippen LogP contribution in [-0.2, 0) is 10.0 Å². The van der Waals surface area contributed by atoms with E-state index < -0.39 is 37.0 Å². The van der Waals surface area contributed by atoms with Gasteiger partial charge in [0.15, 0.2) is 5.82 Å². The van der Waals surface area contributed by atoms with Gasteiger partial charge in [-0.1, -0.05) is 13.3 Å². The highest BCUT2D eigenvalue weighted by Crippen LogP contribution is 2.40. The van der Waals surface area contributed by atoms with Crippen molar-refractivity contribution >= 4 is 21.4 Å². The third-order valence-corrected chi connectivity index (χ3v) is 5.28. The third-order valence-electron chi connectivity index (χ3n) is 3.79. The first kappa shape index (κ1) is 15.6. The van der Waals surface area contributed by atoms with Gasteiger partial charge in [-0.15, -0.1) is 0 Å². The van der Waals surface area contributed by atoms with Crippen LogP contribution in [0, 0.1) is 21.3 Å². The summed E-state index contributed by atoms with van der Waals surface area (Å²) in [6.07, 6.45) is 2.83. The highest BCUT2D eigenvalue weighted by atomic mass is 32.2. The van der Waals surface area contributed by atoms with Crippen molar-refractivity contribution in [3.05, 3.63) is 28.1 Å². The Labute approximate surface area is 121 Å². The summed E-state index contributed by atoms with van der Waals surface area (Å²) in [5.74, 6) is -1.23. The minimum atomic E-state index is -4.15. The van der Waals surface area contributed by atoms with Crippen LogP contribution in [-0.4, -0.2) is 19.9 Å². The quantitative estimate of drug-likeness (QED) is 0.488.